The number of hydrogen-bond donors (Lipinski definition) is 1. The van der Waals surface area contributed by atoms with E-state index in [-0.39, 0.29) is 28.1 Å². The molecule has 2 aromatic rings. The van der Waals surface area contributed by atoms with Crippen LogP contribution in [0.15, 0.2) is 57.2 Å². The van der Waals surface area contributed by atoms with Gasteiger partial charge in [-0.05, 0) is 41.8 Å². The highest BCUT2D eigenvalue weighted by Gasteiger charge is 2.29. The Kier molecular flexibility index (Phi) is 6.61. The molecule has 1 unspecified atom stereocenters. The van der Waals surface area contributed by atoms with Crippen molar-refractivity contribution in [3.8, 4) is 5.75 Å². The zero-order chi connectivity index (χ0) is 17.7. The number of alkyl halides is 3. The van der Waals surface area contributed by atoms with Gasteiger partial charge in [0.05, 0.1) is 5.45 Å². The maximum atomic E-state index is 12.5. The summed E-state index contributed by atoms with van der Waals surface area (Å²) in [4.78, 5) is 5.30. The summed E-state index contributed by atoms with van der Waals surface area (Å²) in [5.74, 6) is 0.722. The average molecular weight is 389 g/mol. The van der Waals surface area contributed by atoms with Crippen LogP contribution in [0.2, 0.25) is 0 Å². The number of hydrogen-bond acceptors (Lipinski definition) is 4. The summed E-state index contributed by atoms with van der Waals surface area (Å²) in [6.07, 6.45) is 0. The van der Waals surface area contributed by atoms with Gasteiger partial charge in [-0.25, -0.2) is 4.99 Å². The molecular weight excluding hydrogens is 374 g/mol. The van der Waals surface area contributed by atoms with E-state index >= 15 is 0 Å². The second kappa shape index (κ2) is 8.28. The van der Waals surface area contributed by atoms with Crippen molar-refractivity contribution in [3.05, 3.63) is 48.0 Å². The Labute approximate surface area is 149 Å². The fourth-order valence-electron chi connectivity index (χ4n) is 1.94. The van der Waals surface area contributed by atoms with Gasteiger partial charge in [0.2, 0.25) is 0 Å². The van der Waals surface area contributed by atoms with Crippen LogP contribution in [0.3, 0.4) is 0 Å². The lowest BCUT2D eigenvalue weighted by Crippen LogP contribution is -1.98. The van der Waals surface area contributed by atoms with Gasteiger partial charge in [-0.15, -0.1) is 11.8 Å². The fraction of sp³-hybridized carbons (Fsp3) is 0.188. The molecule has 0 amide bonds. The standard InChI is InChI=1S/C16H15F3NOPS2/c1-2-23-14-6-4-3-5-11(14)15(22)20-12-9-10(7-8-13(12)21)24-16(17,18)19/h3-9,21H,2,22H2,1H3. The number of aromatic hydroxyl groups is 1. The van der Waals surface area contributed by atoms with Crippen molar-refractivity contribution < 1.29 is 18.3 Å². The van der Waals surface area contributed by atoms with Gasteiger partial charge in [-0.3, -0.25) is 0 Å². The fourth-order valence-corrected chi connectivity index (χ4v) is 3.82. The van der Waals surface area contributed by atoms with E-state index in [1.165, 1.54) is 18.2 Å². The number of halogens is 3. The molecule has 0 spiro atoms. The van der Waals surface area contributed by atoms with Crippen molar-refractivity contribution in [2.75, 3.05) is 5.75 Å². The van der Waals surface area contributed by atoms with E-state index in [2.05, 4.69) is 14.2 Å². The third-order valence-electron chi connectivity index (χ3n) is 2.88. The third kappa shape index (κ3) is 5.43. The van der Waals surface area contributed by atoms with Crippen LogP contribution < -0.4 is 0 Å². The molecule has 24 heavy (non-hydrogen) atoms. The Balaban J connectivity index is 2.38. The summed E-state index contributed by atoms with van der Waals surface area (Å²) < 4.78 is 37.5. The number of phenolic OH excluding ortho intramolecular Hbond substituents is 1. The van der Waals surface area contributed by atoms with E-state index in [0.29, 0.717) is 5.45 Å². The second-order valence-electron chi connectivity index (χ2n) is 4.62. The summed E-state index contributed by atoms with van der Waals surface area (Å²) in [5, 5.41) is 9.89. The van der Waals surface area contributed by atoms with Crippen LogP contribution in [-0.4, -0.2) is 21.8 Å². The number of thioether (sulfide) groups is 2. The summed E-state index contributed by atoms with van der Waals surface area (Å²) in [7, 11) is 2.48. The summed E-state index contributed by atoms with van der Waals surface area (Å²) >= 11 is 1.41. The molecule has 0 saturated heterocycles. The number of rotatable bonds is 5. The normalized spacial score (nSPS) is 12.5. The third-order valence-corrected chi connectivity index (χ3v) is 5.00. The van der Waals surface area contributed by atoms with Gasteiger partial charge in [-0.2, -0.15) is 13.2 Å². The average Bonchev–Trinajstić information content (AvgIpc) is 2.50. The summed E-state index contributed by atoms with van der Waals surface area (Å²) in [6.45, 7) is 2.03. The summed E-state index contributed by atoms with van der Waals surface area (Å²) in [5.41, 5.74) is -2.87. The van der Waals surface area contributed by atoms with Gasteiger partial charge >= 0.3 is 5.51 Å². The van der Waals surface area contributed by atoms with Crippen molar-refractivity contribution in [3.63, 3.8) is 0 Å². The Morgan fingerprint density at radius 2 is 1.92 bits per heavy atom. The molecule has 0 aromatic heterocycles. The number of phenols is 1. The van der Waals surface area contributed by atoms with E-state index < -0.39 is 5.51 Å². The minimum Gasteiger partial charge on any atom is -0.506 e. The zero-order valence-corrected chi connectivity index (χ0v) is 15.5. The molecule has 0 heterocycles. The maximum Gasteiger partial charge on any atom is 0.446 e. The molecular formula is C16H15F3NOPS2. The van der Waals surface area contributed by atoms with E-state index in [1.807, 2.05) is 31.2 Å². The van der Waals surface area contributed by atoms with Gasteiger partial charge in [0, 0.05) is 15.4 Å². The smallest absolute Gasteiger partial charge is 0.446 e. The molecule has 2 nitrogen and oxygen atoms in total. The molecule has 1 atom stereocenters. The van der Waals surface area contributed by atoms with E-state index in [4.69, 9.17) is 0 Å². The van der Waals surface area contributed by atoms with Crippen molar-refractivity contribution in [1.29, 1.82) is 0 Å². The molecule has 0 aliphatic carbocycles. The van der Waals surface area contributed by atoms with Gasteiger partial charge in [0.15, 0.2) is 0 Å². The zero-order valence-electron chi connectivity index (χ0n) is 12.7. The molecule has 2 rings (SSSR count). The number of nitrogens with zero attached hydrogens (tertiary/aromatic N) is 1. The van der Waals surface area contributed by atoms with Gasteiger partial charge in [0.25, 0.3) is 0 Å². The lowest BCUT2D eigenvalue weighted by atomic mass is 10.2. The largest absolute Gasteiger partial charge is 0.506 e. The van der Waals surface area contributed by atoms with Crippen LogP contribution in [0.25, 0.3) is 0 Å². The minimum atomic E-state index is -4.38. The molecule has 2 aromatic carbocycles. The monoisotopic (exact) mass is 389 g/mol. The van der Waals surface area contributed by atoms with Gasteiger partial charge in [-0.1, -0.05) is 34.4 Å². The first-order valence-corrected chi connectivity index (χ1v) is 9.33. The molecule has 0 radical (unpaired) electrons. The first-order valence-electron chi connectivity index (χ1n) is 6.95. The van der Waals surface area contributed by atoms with Crippen LogP contribution in [0, 0.1) is 0 Å². The van der Waals surface area contributed by atoms with E-state index in [9.17, 15) is 18.3 Å². The molecule has 0 aliphatic rings. The Morgan fingerprint density at radius 3 is 2.58 bits per heavy atom. The molecule has 1 N–H and O–H groups in total. The van der Waals surface area contributed by atoms with Crippen molar-refractivity contribution >= 4 is 43.9 Å². The highest BCUT2D eigenvalue weighted by Crippen LogP contribution is 2.40. The highest BCUT2D eigenvalue weighted by molar-refractivity contribution is 8.00. The van der Waals surface area contributed by atoms with Crippen LogP contribution in [0.4, 0.5) is 18.9 Å². The Hall–Kier alpha value is -1.17. The number of benzene rings is 2. The molecule has 0 saturated carbocycles. The summed E-state index contributed by atoms with van der Waals surface area (Å²) in [6, 6.07) is 11.3. The van der Waals surface area contributed by atoms with Crippen molar-refractivity contribution in [1.82, 2.24) is 0 Å². The quantitative estimate of drug-likeness (QED) is 0.383. The van der Waals surface area contributed by atoms with E-state index in [1.54, 1.807) is 11.8 Å². The van der Waals surface area contributed by atoms with Gasteiger partial charge < -0.3 is 5.11 Å². The Morgan fingerprint density at radius 1 is 1.21 bits per heavy atom. The highest BCUT2D eigenvalue weighted by atomic mass is 32.2. The predicted molar refractivity (Wildman–Crippen MR) is 98.8 cm³/mol. The SMILES string of the molecule is CCSc1ccccc1C(P)=Nc1cc(SC(F)(F)F)ccc1O. The van der Waals surface area contributed by atoms with Crippen LogP contribution in [0.5, 0.6) is 5.75 Å². The first kappa shape index (κ1) is 19.2. The van der Waals surface area contributed by atoms with Crippen molar-refractivity contribution in [2.24, 2.45) is 4.99 Å². The van der Waals surface area contributed by atoms with Crippen molar-refractivity contribution in [2.45, 2.75) is 22.2 Å². The van der Waals surface area contributed by atoms with E-state index in [0.717, 1.165) is 16.2 Å². The molecule has 0 fully saturated rings. The molecule has 0 bridgehead atoms. The molecule has 0 aliphatic heterocycles. The van der Waals surface area contributed by atoms with Crippen LogP contribution in [0.1, 0.15) is 12.5 Å². The van der Waals surface area contributed by atoms with Crippen LogP contribution >= 0.6 is 32.8 Å². The lowest BCUT2D eigenvalue weighted by Gasteiger charge is -2.10. The minimum absolute atomic E-state index is 0.0203. The topological polar surface area (TPSA) is 32.6 Å². The predicted octanol–water partition coefficient (Wildman–Crippen LogP) is 6.07. The number of aliphatic imine (C=N–C) groups is 1. The molecule has 128 valence electrons. The lowest BCUT2D eigenvalue weighted by molar-refractivity contribution is -0.0328. The van der Waals surface area contributed by atoms with Crippen LogP contribution in [-0.2, 0) is 0 Å². The van der Waals surface area contributed by atoms with Gasteiger partial charge in [0.1, 0.15) is 11.4 Å². The Bertz CT molecular complexity index is 750. The molecule has 8 heteroatoms. The first-order chi connectivity index (χ1) is 11.3. The maximum absolute atomic E-state index is 12.5. The second-order valence-corrected chi connectivity index (χ2v) is 7.62.